The second-order valence-corrected chi connectivity index (χ2v) is 3.77. The number of rotatable bonds is 2. The number of nitrogens with one attached hydrogen (secondary N) is 1. The van der Waals surface area contributed by atoms with Crippen LogP contribution in [-0.4, -0.2) is 19.1 Å². The van der Waals surface area contributed by atoms with Gasteiger partial charge in [-0.2, -0.15) is 0 Å². The Hall–Kier alpha value is -0.860. The summed E-state index contributed by atoms with van der Waals surface area (Å²) >= 11 is 0. The third-order valence-electron chi connectivity index (χ3n) is 2.73. The van der Waals surface area contributed by atoms with Gasteiger partial charge in [0.15, 0.2) is 0 Å². The van der Waals surface area contributed by atoms with Crippen molar-refractivity contribution in [2.24, 2.45) is 11.7 Å². The van der Waals surface area contributed by atoms with E-state index < -0.39 is 0 Å². The normalized spacial score (nSPS) is 27.8. The zero-order valence-corrected chi connectivity index (χ0v) is 7.74. The van der Waals surface area contributed by atoms with Crippen molar-refractivity contribution in [3.8, 4) is 0 Å². The minimum atomic E-state index is 0.334. The molecule has 2 rings (SSSR count). The van der Waals surface area contributed by atoms with E-state index in [1.165, 1.54) is 5.56 Å². The molecule has 70 valence electrons. The van der Waals surface area contributed by atoms with Crippen LogP contribution in [0.1, 0.15) is 5.56 Å². The highest BCUT2D eigenvalue weighted by atomic mass is 15.0. The summed E-state index contributed by atoms with van der Waals surface area (Å²) in [6.45, 7) is 2.04. The average Bonchev–Trinajstić information content (AvgIpc) is 2.54. The van der Waals surface area contributed by atoms with Gasteiger partial charge in [-0.3, -0.25) is 0 Å². The van der Waals surface area contributed by atoms with E-state index in [1.807, 2.05) is 0 Å². The van der Waals surface area contributed by atoms with Crippen LogP contribution >= 0.6 is 0 Å². The van der Waals surface area contributed by atoms with E-state index in [0.29, 0.717) is 12.0 Å². The SMILES string of the molecule is NC1CNCC1Cc1ccccc1. The van der Waals surface area contributed by atoms with Crippen LogP contribution in [0.4, 0.5) is 0 Å². The molecule has 3 N–H and O–H groups in total. The lowest BCUT2D eigenvalue weighted by Gasteiger charge is -2.13. The molecule has 1 saturated heterocycles. The van der Waals surface area contributed by atoms with Gasteiger partial charge in [0.1, 0.15) is 0 Å². The maximum atomic E-state index is 5.96. The summed E-state index contributed by atoms with van der Waals surface area (Å²) < 4.78 is 0. The molecule has 1 aromatic carbocycles. The van der Waals surface area contributed by atoms with Crippen LogP contribution in [-0.2, 0) is 6.42 Å². The van der Waals surface area contributed by atoms with Crippen LogP contribution in [0.15, 0.2) is 30.3 Å². The Labute approximate surface area is 79.1 Å². The average molecular weight is 176 g/mol. The Balaban J connectivity index is 1.98. The van der Waals surface area contributed by atoms with Crippen molar-refractivity contribution in [3.63, 3.8) is 0 Å². The van der Waals surface area contributed by atoms with Crippen molar-refractivity contribution in [2.45, 2.75) is 12.5 Å². The van der Waals surface area contributed by atoms with E-state index in [0.717, 1.165) is 19.5 Å². The second-order valence-electron chi connectivity index (χ2n) is 3.77. The van der Waals surface area contributed by atoms with Gasteiger partial charge in [-0.1, -0.05) is 30.3 Å². The van der Waals surface area contributed by atoms with Crippen LogP contribution < -0.4 is 11.1 Å². The molecule has 13 heavy (non-hydrogen) atoms. The lowest BCUT2D eigenvalue weighted by molar-refractivity contribution is 0.512. The van der Waals surface area contributed by atoms with Gasteiger partial charge in [-0.05, 0) is 24.4 Å². The Bertz CT molecular complexity index is 258. The van der Waals surface area contributed by atoms with Crippen molar-refractivity contribution in [1.29, 1.82) is 0 Å². The van der Waals surface area contributed by atoms with Crippen LogP contribution in [0.3, 0.4) is 0 Å². The largest absolute Gasteiger partial charge is 0.326 e. The number of benzene rings is 1. The van der Waals surface area contributed by atoms with Crippen molar-refractivity contribution < 1.29 is 0 Å². The molecule has 1 aliphatic rings. The first-order valence-corrected chi connectivity index (χ1v) is 4.86. The fraction of sp³-hybridized carbons (Fsp3) is 0.455. The quantitative estimate of drug-likeness (QED) is 0.698. The minimum absolute atomic E-state index is 0.334. The Morgan fingerprint density at radius 2 is 2.00 bits per heavy atom. The maximum Gasteiger partial charge on any atom is 0.0209 e. The molecule has 2 nitrogen and oxygen atoms in total. The Kier molecular flexibility index (Phi) is 2.62. The monoisotopic (exact) mass is 176 g/mol. The molecule has 1 aromatic rings. The van der Waals surface area contributed by atoms with Crippen molar-refractivity contribution >= 4 is 0 Å². The molecule has 1 aliphatic heterocycles. The van der Waals surface area contributed by atoms with Crippen LogP contribution in [0, 0.1) is 5.92 Å². The molecule has 0 radical (unpaired) electrons. The zero-order valence-electron chi connectivity index (χ0n) is 7.74. The second kappa shape index (κ2) is 3.90. The van der Waals surface area contributed by atoms with E-state index in [1.54, 1.807) is 0 Å². The third-order valence-corrected chi connectivity index (χ3v) is 2.73. The summed E-state index contributed by atoms with van der Waals surface area (Å²) in [4.78, 5) is 0. The molecule has 1 fully saturated rings. The smallest absolute Gasteiger partial charge is 0.0209 e. The highest BCUT2D eigenvalue weighted by molar-refractivity contribution is 5.16. The summed E-state index contributed by atoms with van der Waals surface area (Å²) in [6, 6.07) is 10.9. The molecule has 0 aliphatic carbocycles. The lowest BCUT2D eigenvalue weighted by Crippen LogP contribution is -2.30. The lowest BCUT2D eigenvalue weighted by atomic mass is 9.96. The topological polar surface area (TPSA) is 38.0 Å². The van der Waals surface area contributed by atoms with Crippen molar-refractivity contribution in [3.05, 3.63) is 35.9 Å². The zero-order chi connectivity index (χ0) is 9.10. The summed E-state index contributed by atoms with van der Waals surface area (Å²) in [7, 11) is 0. The maximum absolute atomic E-state index is 5.96. The van der Waals surface area contributed by atoms with E-state index in [9.17, 15) is 0 Å². The Morgan fingerprint density at radius 3 is 2.62 bits per heavy atom. The van der Waals surface area contributed by atoms with Crippen molar-refractivity contribution in [2.75, 3.05) is 13.1 Å². The molecule has 0 saturated carbocycles. The first-order valence-electron chi connectivity index (χ1n) is 4.86. The summed E-state index contributed by atoms with van der Waals surface area (Å²) in [5, 5.41) is 3.32. The number of nitrogens with two attached hydrogens (primary N) is 1. The summed E-state index contributed by atoms with van der Waals surface area (Å²) in [5.74, 6) is 0.613. The van der Waals surface area contributed by atoms with Gasteiger partial charge < -0.3 is 11.1 Å². The minimum Gasteiger partial charge on any atom is -0.326 e. The van der Waals surface area contributed by atoms with Crippen molar-refractivity contribution in [1.82, 2.24) is 5.32 Å². The summed E-state index contributed by atoms with van der Waals surface area (Å²) in [5.41, 5.74) is 7.36. The fourth-order valence-corrected chi connectivity index (χ4v) is 1.89. The Morgan fingerprint density at radius 1 is 1.23 bits per heavy atom. The number of hydrogen-bond donors (Lipinski definition) is 2. The standard InChI is InChI=1S/C11H16N2/c12-11-8-13-7-10(11)6-9-4-2-1-3-5-9/h1-5,10-11,13H,6-8,12H2. The first kappa shape index (κ1) is 8.73. The van der Waals surface area contributed by atoms with Gasteiger partial charge in [0.05, 0.1) is 0 Å². The highest BCUT2D eigenvalue weighted by Gasteiger charge is 2.23. The van der Waals surface area contributed by atoms with Crippen LogP contribution in [0.25, 0.3) is 0 Å². The van der Waals surface area contributed by atoms with Gasteiger partial charge in [0.25, 0.3) is 0 Å². The fourth-order valence-electron chi connectivity index (χ4n) is 1.89. The van der Waals surface area contributed by atoms with Gasteiger partial charge in [-0.25, -0.2) is 0 Å². The van der Waals surface area contributed by atoms with E-state index in [-0.39, 0.29) is 0 Å². The predicted octanol–water partition coefficient (Wildman–Crippen LogP) is 0.776. The van der Waals surface area contributed by atoms with Crippen LogP contribution in [0.2, 0.25) is 0 Å². The molecule has 2 unspecified atom stereocenters. The molecule has 2 heteroatoms. The number of hydrogen-bond acceptors (Lipinski definition) is 2. The highest BCUT2D eigenvalue weighted by Crippen LogP contribution is 2.13. The molecule has 0 bridgehead atoms. The van der Waals surface area contributed by atoms with Crippen LogP contribution in [0.5, 0.6) is 0 Å². The molecular formula is C11H16N2. The molecular weight excluding hydrogens is 160 g/mol. The molecule has 0 aromatic heterocycles. The van der Waals surface area contributed by atoms with E-state index in [2.05, 4.69) is 35.6 Å². The van der Waals surface area contributed by atoms with Gasteiger partial charge in [0.2, 0.25) is 0 Å². The third kappa shape index (κ3) is 2.08. The molecule has 0 amide bonds. The predicted molar refractivity (Wildman–Crippen MR) is 54.5 cm³/mol. The molecule has 1 heterocycles. The van der Waals surface area contributed by atoms with Gasteiger partial charge in [-0.15, -0.1) is 0 Å². The molecule has 2 atom stereocenters. The molecule has 0 spiro atoms. The van der Waals surface area contributed by atoms with Gasteiger partial charge in [0, 0.05) is 12.6 Å². The first-order chi connectivity index (χ1) is 6.36. The van der Waals surface area contributed by atoms with Gasteiger partial charge >= 0.3 is 0 Å². The van der Waals surface area contributed by atoms with E-state index in [4.69, 9.17) is 5.73 Å². The van der Waals surface area contributed by atoms with E-state index >= 15 is 0 Å². The summed E-state index contributed by atoms with van der Waals surface area (Å²) in [6.07, 6.45) is 1.11.